The van der Waals surface area contributed by atoms with E-state index in [1.807, 2.05) is 0 Å². The zero-order valence-corrected chi connectivity index (χ0v) is 12.3. The molecule has 0 aromatic carbocycles. The fourth-order valence-corrected chi connectivity index (χ4v) is 3.21. The first-order chi connectivity index (χ1) is 9.78. The predicted octanol–water partition coefficient (Wildman–Crippen LogP) is 0.725. The third kappa shape index (κ3) is 2.87. The van der Waals surface area contributed by atoms with Gasteiger partial charge in [-0.2, -0.15) is 0 Å². The molecule has 2 N–H and O–H groups in total. The summed E-state index contributed by atoms with van der Waals surface area (Å²) >= 11 is 0. The smallest absolute Gasteiger partial charge is 0.147 e. The van der Waals surface area contributed by atoms with Crippen LogP contribution in [0.3, 0.4) is 0 Å². The third-order valence-corrected chi connectivity index (χ3v) is 4.48. The van der Waals surface area contributed by atoms with E-state index in [4.69, 9.17) is 10.5 Å². The molecule has 0 radical (unpaired) electrons. The summed E-state index contributed by atoms with van der Waals surface area (Å²) in [5.41, 5.74) is 5.90. The summed E-state index contributed by atoms with van der Waals surface area (Å²) in [7, 11) is 1.74. The van der Waals surface area contributed by atoms with Crippen LogP contribution in [0.1, 0.15) is 43.3 Å². The van der Waals surface area contributed by atoms with Crippen LogP contribution in [0.2, 0.25) is 0 Å². The molecule has 6 heteroatoms. The summed E-state index contributed by atoms with van der Waals surface area (Å²) in [6.45, 7) is 4.82. The molecule has 1 saturated carbocycles. The molecule has 1 aliphatic heterocycles. The number of methoxy groups -OCH3 is 1. The zero-order valence-electron chi connectivity index (χ0n) is 12.3. The number of rotatable bonds is 6. The maximum Gasteiger partial charge on any atom is 0.147 e. The van der Waals surface area contributed by atoms with E-state index in [0.29, 0.717) is 18.6 Å². The number of nitrogens with two attached hydrogens (primary N) is 1. The van der Waals surface area contributed by atoms with Crippen LogP contribution in [0.15, 0.2) is 0 Å². The Balaban J connectivity index is 1.73. The molecule has 112 valence electrons. The normalized spacial score (nSPS) is 26.9. The summed E-state index contributed by atoms with van der Waals surface area (Å²) in [5, 5.41) is 8.88. The van der Waals surface area contributed by atoms with E-state index in [0.717, 1.165) is 37.6 Å². The SMILES string of the molecule is COCCn1c(CN2CCCC2)nnc1C1CC(N)C1. The van der Waals surface area contributed by atoms with Gasteiger partial charge in [-0.1, -0.05) is 0 Å². The van der Waals surface area contributed by atoms with E-state index in [-0.39, 0.29) is 0 Å². The minimum atomic E-state index is 0.342. The van der Waals surface area contributed by atoms with Crippen molar-refractivity contribution in [2.24, 2.45) is 5.73 Å². The van der Waals surface area contributed by atoms with Crippen LogP contribution in [0, 0.1) is 0 Å². The van der Waals surface area contributed by atoms with Crippen molar-refractivity contribution in [3.8, 4) is 0 Å². The van der Waals surface area contributed by atoms with Gasteiger partial charge in [0, 0.05) is 25.6 Å². The summed E-state index contributed by atoms with van der Waals surface area (Å²) in [6, 6.07) is 0.342. The Morgan fingerprint density at radius 2 is 2.00 bits per heavy atom. The first-order valence-electron chi connectivity index (χ1n) is 7.66. The monoisotopic (exact) mass is 279 g/mol. The number of likely N-dealkylation sites (tertiary alicyclic amines) is 1. The summed E-state index contributed by atoms with van der Waals surface area (Å²) in [5.74, 6) is 2.68. The lowest BCUT2D eigenvalue weighted by Gasteiger charge is -2.32. The molecule has 3 rings (SSSR count). The molecule has 2 fully saturated rings. The van der Waals surface area contributed by atoms with Gasteiger partial charge in [-0.15, -0.1) is 10.2 Å². The van der Waals surface area contributed by atoms with Gasteiger partial charge in [0.25, 0.3) is 0 Å². The van der Waals surface area contributed by atoms with Gasteiger partial charge in [-0.25, -0.2) is 0 Å². The average molecular weight is 279 g/mol. The summed E-state index contributed by atoms with van der Waals surface area (Å²) < 4.78 is 7.50. The van der Waals surface area contributed by atoms with Crippen LogP contribution in [-0.2, 0) is 17.8 Å². The molecule has 1 aromatic rings. The third-order valence-electron chi connectivity index (χ3n) is 4.48. The molecule has 1 aliphatic carbocycles. The van der Waals surface area contributed by atoms with Crippen molar-refractivity contribution in [3.63, 3.8) is 0 Å². The van der Waals surface area contributed by atoms with Crippen LogP contribution < -0.4 is 5.73 Å². The van der Waals surface area contributed by atoms with Crippen molar-refractivity contribution in [3.05, 3.63) is 11.6 Å². The number of nitrogens with zero attached hydrogens (tertiary/aromatic N) is 4. The Bertz CT molecular complexity index is 435. The molecule has 0 atom stereocenters. The van der Waals surface area contributed by atoms with Crippen molar-refractivity contribution >= 4 is 0 Å². The molecule has 1 aromatic heterocycles. The number of hydrogen-bond donors (Lipinski definition) is 1. The first kappa shape index (κ1) is 14.0. The molecule has 0 unspecified atom stereocenters. The van der Waals surface area contributed by atoms with E-state index >= 15 is 0 Å². The Kier molecular flexibility index (Phi) is 4.33. The highest BCUT2D eigenvalue weighted by molar-refractivity contribution is 5.09. The van der Waals surface area contributed by atoms with Crippen molar-refractivity contribution < 1.29 is 4.74 Å². The highest BCUT2D eigenvalue weighted by Gasteiger charge is 2.32. The van der Waals surface area contributed by atoms with Crippen molar-refractivity contribution in [1.82, 2.24) is 19.7 Å². The van der Waals surface area contributed by atoms with E-state index in [2.05, 4.69) is 19.7 Å². The van der Waals surface area contributed by atoms with E-state index < -0.39 is 0 Å². The van der Waals surface area contributed by atoms with Gasteiger partial charge < -0.3 is 15.0 Å². The Morgan fingerprint density at radius 3 is 2.65 bits per heavy atom. The van der Waals surface area contributed by atoms with Gasteiger partial charge in [-0.3, -0.25) is 4.90 Å². The Morgan fingerprint density at radius 1 is 1.25 bits per heavy atom. The largest absolute Gasteiger partial charge is 0.383 e. The minimum Gasteiger partial charge on any atom is -0.383 e. The van der Waals surface area contributed by atoms with Crippen molar-refractivity contribution in [1.29, 1.82) is 0 Å². The van der Waals surface area contributed by atoms with Crippen LogP contribution in [0.25, 0.3) is 0 Å². The molecule has 20 heavy (non-hydrogen) atoms. The van der Waals surface area contributed by atoms with Crippen LogP contribution >= 0.6 is 0 Å². The number of ether oxygens (including phenoxy) is 1. The standard InChI is InChI=1S/C14H25N5O/c1-20-7-6-19-13(10-18-4-2-3-5-18)16-17-14(19)11-8-12(15)9-11/h11-12H,2-10,15H2,1H3. The highest BCUT2D eigenvalue weighted by Crippen LogP contribution is 2.35. The average Bonchev–Trinajstić information content (AvgIpc) is 3.03. The van der Waals surface area contributed by atoms with Crippen LogP contribution in [0.4, 0.5) is 0 Å². The quantitative estimate of drug-likeness (QED) is 0.831. The second kappa shape index (κ2) is 6.20. The molecule has 0 spiro atoms. The summed E-state index contributed by atoms with van der Waals surface area (Å²) in [6.07, 6.45) is 4.68. The fourth-order valence-electron chi connectivity index (χ4n) is 3.21. The Labute approximate surface area is 120 Å². The summed E-state index contributed by atoms with van der Waals surface area (Å²) in [4.78, 5) is 2.46. The van der Waals surface area contributed by atoms with Crippen molar-refractivity contribution in [2.75, 3.05) is 26.8 Å². The molecule has 0 amide bonds. The maximum absolute atomic E-state index is 5.90. The predicted molar refractivity (Wildman–Crippen MR) is 76.4 cm³/mol. The zero-order chi connectivity index (χ0) is 13.9. The lowest BCUT2D eigenvalue weighted by molar-refractivity contribution is 0.181. The second-order valence-electron chi connectivity index (χ2n) is 6.03. The molecular weight excluding hydrogens is 254 g/mol. The molecule has 2 aliphatic rings. The van der Waals surface area contributed by atoms with E-state index in [1.165, 1.54) is 25.9 Å². The van der Waals surface area contributed by atoms with Gasteiger partial charge in [-0.05, 0) is 38.8 Å². The van der Waals surface area contributed by atoms with E-state index in [1.54, 1.807) is 7.11 Å². The van der Waals surface area contributed by atoms with Gasteiger partial charge in [0.1, 0.15) is 11.6 Å². The van der Waals surface area contributed by atoms with Gasteiger partial charge >= 0.3 is 0 Å². The van der Waals surface area contributed by atoms with Gasteiger partial charge in [0.2, 0.25) is 0 Å². The van der Waals surface area contributed by atoms with Crippen LogP contribution in [0.5, 0.6) is 0 Å². The second-order valence-corrected chi connectivity index (χ2v) is 6.03. The maximum atomic E-state index is 5.90. The highest BCUT2D eigenvalue weighted by atomic mass is 16.5. The van der Waals surface area contributed by atoms with Crippen molar-refractivity contribution in [2.45, 2.75) is 50.7 Å². The first-order valence-corrected chi connectivity index (χ1v) is 7.66. The Hall–Kier alpha value is -0.980. The topological polar surface area (TPSA) is 69.2 Å². The molecule has 6 nitrogen and oxygen atoms in total. The fraction of sp³-hybridized carbons (Fsp3) is 0.857. The van der Waals surface area contributed by atoms with E-state index in [9.17, 15) is 0 Å². The molecule has 1 saturated heterocycles. The van der Waals surface area contributed by atoms with Gasteiger partial charge in [0.15, 0.2) is 0 Å². The lowest BCUT2D eigenvalue weighted by atomic mass is 9.80. The molecular formula is C14H25N5O. The van der Waals surface area contributed by atoms with Gasteiger partial charge in [0.05, 0.1) is 13.2 Å². The lowest BCUT2D eigenvalue weighted by Crippen LogP contribution is -2.36. The molecule has 0 bridgehead atoms. The minimum absolute atomic E-state index is 0.342. The number of aromatic nitrogens is 3. The molecule has 2 heterocycles. The van der Waals surface area contributed by atoms with Crippen LogP contribution in [-0.4, -0.2) is 52.5 Å². The number of hydrogen-bond acceptors (Lipinski definition) is 5.